The fourth-order valence-electron chi connectivity index (χ4n) is 1.48. The second-order valence-corrected chi connectivity index (χ2v) is 4.48. The van der Waals surface area contributed by atoms with Crippen molar-refractivity contribution in [1.29, 1.82) is 5.26 Å². The Morgan fingerprint density at radius 2 is 2.25 bits per heavy atom. The van der Waals surface area contributed by atoms with E-state index in [9.17, 15) is 0 Å². The molecule has 2 rings (SSSR count). The lowest BCUT2D eigenvalue weighted by Gasteiger charge is -2.02. The molecule has 0 saturated carbocycles. The number of fused-ring (bicyclic) bond motifs is 1. The predicted octanol–water partition coefficient (Wildman–Crippen LogP) is 1.75. The van der Waals surface area contributed by atoms with Crippen molar-refractivity contribution in [1.82, 2.24) is 19.6 Å². The van der Waals surface area contributed by atoms with Gasteiger partial charge in [-0.05, 0) is 19.9 Å². The van der Waals surface area contributed by atoms with Gasteiger partial charge in [0, 0.05) is 23.6 Å². The van der Waals surface area contributed by atoms with Gasteiger partial charge in [-0.3, -0.25) is 4.40 Å². The summed E-state index contributed by atoms with van der Waals surface area (Å²) in [4.78, 5) is 4.30. The molecule has 0 N–H and O–H groups in total. The van der Waals surface area contributed by atoms with Crippen LogP contribution in [0.4, 0.5) is 0 Å². The van der Waals surface area contributed by atoms with Crippen LogP contribution >= 0.6 is 11.8 Å². The van der Waals surface area contributed by atoms with Crippen LogP contribution in [0.25, 0.3) is 5.78 Å². The lowest BCUT2D eigenvalue weighted by atomic mass is 10.3. The van der Waals surface area contributed by atoms with Gasteiger partial charge < -0.3 is 0 Å². The Hall–Kier alpha value is -1.61. The van der Waals surface area contributed by atoms with Crippen molar-refractivity contribution < 1.29 is 0 Å². The van der Waals surface area contributed by atoms with Gasteiger partial charge in [0.2, 0.25) is 0 Å². The third-order valence-corrected chi connectivity index (χ3v) is 3.04. The maximum atomic E-state index is 8.48. The summed E-state index contributed by atoms with van der Waals surface area (Å²) in [6, 6.07) is 4.10. The van der Waals surface area contributed by atoms with Crippen LogP contribution in [-0.4, -0.2) is 25.3 Å². The maximum absolute atomic E-state index is 8.48. The highest BCUT2D eigenvalue weighted by Crippen LogP contribution is 2.18. The van der Waals surface area contributed by atoms with Gasteiger partial charge in [0.15, 0.2) is 5.16 Å². The zero-order valence-corrected chi connectivity index (χ0v) is 9.95. The Morgan fingerprint density at radius 3 is 3.00 bits per heavy atom. The topological polar surface area (TPSA) is 66.9 Å². The van der Waals surface area contributed by atoms with Crippen molar-refractivity contribution in [3.05, 3.63) is 17.5 Å². The molecule has 2 heterocycles. The van der Waals surface area contributed by atoms with E-state index in [4.69, 9.17) is 5.26 Å². The first-order chi connectivity index (χ1) is 7.72. The van der Waals surface area contributed by atoms with Crippen molar-refractivity contribution in [2.45, 2.75) is 25.4 Å². The van der Waals surface area contributed by atoms with Crippen LogP contribution in [0, 0.1) is 25.2 Å². The van der Waals surface area contributed by atoms with E-state index in [-0.39, 0.29) is 0 Å². The number of hydrogen-bond acceptors (Lipinski definition) is 5. The van der Waals surface area contributed by atoms with Crippen LogP contribution in [0.3, 0.4) is 0 Å². The first-order valence-electron chi connectivity index (χ1n) is 4.91. The third kappa shape index (κ3) is 1.99. The molecule has 0 amide bonds. The fourth-order valence-corrected chi connectivity index (χ4v) is 2.31. The summed E-state index contributed by atoms with van der Waals surface area (Å²) < 4.78 is 1.91. The second kappa shape index (κ2) is 4.49. The smallest absolute Gasteiger partial charge is 0.256 e. The Bertz CT molecular complexity index is 554. The first-order valence-corrected chi connectivity index (χ1v) is 5.90. The van der Waals surface area contributed by atoms with Crippen molar-refractivity contribution >= 4 is 17.5 Å². The molecule has 0 aliphatic rings. The van der Waals surface area contributed by atoms with Gasteiger partial charge in [0.1, 0.15) is 0 Å². The molecule has 16 heavy (non-hydrogen) atoms. The number of aromatic nitrogens is 4. The molecular formula is C10H11N5S. The van der Waals surface area contributed by atoms with E-state index >= 15 is 0 Å². The summed E-state index contributed by atoms with van der Waals surface area (Å²) in [6.45, 7) is 3.93. The zero-order chi connectivity index (χ0) is 11.5. The Kier molecular flexibility index (Phi) is 3.06. The van der Waals surface area contributed by atoms with Crippen LogP contribution in [0.2, 0.25) is 0 Å². The van der Waals surface area contributed by atoms with Crippen LogP contribution in [0.5, 0.6) is 0 Å². The van der Waals surface area contributed by atoms with Gasteiger partial charge in [0.05, 0.1) is 6.07 Å². The van der Waals surface area contributed by atoms with Gasteiger partial charge in [-0.1, -0.05) is 11.8 Å². The number of aryl methyl sites for hydroxylation is 2. The summed E-state index contributed by atoms with van der Waals surface area (Å²) >= 11 is 1.53. The zero-order valence-electron chi connectivity index (χ0n) is 9.14. The Morgan fingerprint density at radius 1 is 1.44 bits per heavy atom. The summed E-state index contributed by atoms with van der Waals surface area (Å²) in [5.41, 5.74) is 2.00. The highest BCUT2D eigenvalue weighted by atomic mass is 32.2. The monoisotopic (exact) mass is 233 g/mol. The third-order valence-electron chi connectivity index (χ3n) is 2.11. The van der Waals surface area contributed by atoms with Crippen molar-refractivity contribution in [2.75, 3.05) is 5.75 Å². The molecule has 2 aromatic heterocycles. The normalized spacial score (nSPS) is 10.6. The van der Waals surface area contributed by atoms with Gasteiger partial charge >= 0.3 is 0 Å². The predicted molar refractivity (Wildman–Crippen MR) is 61.2 cm³/mol. The summed E-state index contributed by atoms with van der Waals surface area (Å²) in [6.07, 6.45) is 0.512. The SMILES string of the molecule is Cc1cc(C)n2c(SCCC#N)nnc2n1. The molecule has 82 valence electrons. The minimum absolute atomic E-state index is 0.512. The van der Waals surface area contributed by atoms with Gasteiger partial charge in [-0.15, -0.1) is 10.2 Å². The van der Waals surface area contributed by atoms with Crippen molar-refractivity contribution in [3.8, 4) is 6.07 Å². The quantitative estimate of drug-likeness (QED) is 0.596. The van der Waals surface area contributed by atoms with E-state index in [1.165, 1.54) is 11.8 Å². The molecule has 6 heteroatoms. The number of hydrogen-bond donors (Lipinski definition) is 0. The standard InChI is InChI=1S/C10H11N5S/c1-7-6-8(2)15-9(12-7)13-14-10(15)16-5-3-4-11/h6H,3,5H2,1-2H3. The van der Waals surface area contributed by atoms with E-state index in [1.54, 1.807) is 0 Å². The second-order valence-electron chi connectivity index (χ2n) is 3.41. The van der Waals surface area contributed by atoms with E-state index in [0.29, 0.717) is 12.2 Å². The molecule has 0 bridgehead atoms. The van der Waals surface area contributed by atoms with Gasteiger partial charge in [0.25, 0.3) is 5.78 Å². The Labute approximate surface area is 97.5 Å². The number of nitrogens with zero attached hydrogens (tertiary/aromatic N) is 5. The van der Waals surface area contributed by atoms with E-state index in [2.05, 4.69) is 21.3 Å². The van der Waals surface area contributed by atoms with E-state index in [0.717, 1.165) is 22.3 Å². The summed E-state index contributed by atoms with van der Waals surface area (Å²) in [7, 11) is 0. The van der Waals surface area contributed by atoms with Crippen LogP contribution in [0.15, 0.2) is 11.2 Å². The van der Waals surface area contributed by atoms with Gasteiger partial charge in [-0.2, -0.15) is 5.26 Å². The largest absolute Gasteiger partial charge is 0.259 e. The number of rotatable bonds is 3. The number of nitriles is 1. The molecule has 0 atom stereocenters. The minimum atomic E-state index is 0.512. The molecule has 0 spiro atoms. The Balaban J connectivity index is 2.37. The average molecular weight is 233 g/mol. The number of thioether (sulfide) groups is 1. The highest BCUT2D eigenvalue weighted by molar-refractivity contribution is 7.99. The average Bonchev–Trinajstić information content (AvgIpc) is 2.62. The lowest BCUT2D eigenvalue weighted by molar-refractivity contribution is 0.886. The molecule has 0 aliphatic carbocycles. The molecule has 0 fully saturated rings. The molecule has 5 nitrogen and oxygen atoms in total. The highest BCUT2D eigenvalue weighted by Gasteiger charge is 2.09. The molecule has 0 aromatic carbocycles. The van der Waals surface area contributed by atoms with Crippen molar-refractivity contribution in [3.63, 3.8) is 0 Å². The molecule has 0 radical (unpaired) electrons. The van der Waals surface area contributed by atoms with Crippen LogP contribution in [0.1, 0.15) is 17.8 Å². The molecule has 0 saturated heterocycles. The molecular weight excluding hydrogens is 222 g/mol. The molecule has 2 aromatic rings. The molecule has 0 aliphatic heterocycles. The fraction of sp³-hybridized carbons (Fsp3) is 0.400. The molecule has 0 unspecified atom stereocenters. The van der Waals surface area contributed by atoms with E-state index in [1.807, 2.05) is 24.3 Å². The van der Waals surface area contributed by atoms with E-state index < -0.39 is 0 Å². The lowest BCUT2D eigenvalue weighted by Crippen LogP contribution is -1.97. The maximum Gasteiger partial charge on any atom is 0.256 e. The van der Waals surface area contributed by atoms with Crippen LogP contribution in [-0.2, 0) is 0 Å². The summed E-state index contributed by atoms with van der Waals surface area (Å²) in [5.74, 6) is 1.35. The minimum Gasteiger partial charge on any atom is -0.259 e. The van der Waals surface area contributed by atoms with Crippen LogP contribution < -0.4 is 0 Å². The van der Waals surface area contributed by atoms with Crippen molar-refractivity contribution in [2.24, 2.45) is 0 Å². The first kappa shape index (κ1) is 10.9. The summed E-state index contributed by atoms with van der Waals surface area (Å²) in [5, 5.41) is 17.4. The van der Waals surface area contributed by atoms with Gasteiger partial charge in [-0.25, -0.2) is 4.98 Å².